The number of hydrogen-bond donors (Lipinski definition) is 1. The summed E-state index contributed by atoms with van der Waals surface area (Å²) in [7, 11) is 3.20. The third-order valence-corrected chi connectivity index (χ3v) is 3.77. The van der Waals surface area contributed by atoms with Crippen molar-refractivity contribution in [1.29, 1.82) is 0 Å². The molecular formula is C18H22O3. The molecular weight excluding hydrogens is 264 g/mol. The molecule has 2 aromatic carbocycles. The summed E-state index contributed by atoms with van der Waals surface area (Å²) in [6.45, 7) is 4.07. The molecule has 0 amide bonds. The van der Waals surface area contributed by atoms with E-state index in [1.54, 1.807) is 14.2 Å². The monoisotopic (exact) mass is 286 g/mol. The van der Waals surface area contributed by atoms with Gasteiger partial charge in [-0.05, 0) is 47.7 Å². The molecule has 0 spiro atoms. The number of aliphatic hydroxyl groups excluding tert-OH is 1. The summed E-state index contributed by atoms with van der Waals surface area (Å²) in [4.78, 5) is 0. The first-order chi connectivity index (χ1) is 10.1. The van der Waals surface area contributed by atoms with Crippen LogP contribution in [0.2, 0.25) is 0 Å². The first-order valence-corrected chi connectivity index (χ1v) is 7.10. The van der Waals surface area contributed by atoms with E-state index in [2.05, 4.69) is 19.1 Å². The zero-order valence-corrected chi connectivity index (χ0v) is 13.0. The van der Waals surface area contributed by atoms with Crippen LogP contribution in [0.4, 0.5) is 0 Å². The number of methoxy groups -OCH3 is 2. The van der Waals surface area contributed by atoms with Gasteiger partial charge in [-0.15, -0.1) is 0 Å². The Kier molecular flexibility index (Phi) is 4.86. The van der Waals surface area contributed by atoms with E-state index in [4.69, 9.17) is 9.47 Å². The Labute approximate surface area is 126 Å². The lowest BCUT2D eigenvalue weighted by Gasteiger charge is -2.17. The van der Waals surface area contributed by atoms with Gasteiger partial charge >= 0.3 is 0 Å². The SMILES string of the molecule is CCc1ccc(C(O)c2cc(OC)c(OC)cc2C)cc1. The van der Waals surface area contributed by atoms with Gasteiger partial charge < -0.3 is 14.6 Å². The summed E-state index contributed by atoms with van der Waals surface area (Å²) in [6.07, 6.45) is 0.321. The maximum absolute atomic E-state index is 10.6. The first kappa shape index (κ1) is 15.4. The van der Waals surface area contributed by atoms with E-state index in [1.165, 1.54) is 5.56 Å². The summed E-state index contributed by atoms with van der Waals surface area (Å²) >= 11 is 0. The molecule has 21 heavy (non-hydrogen) atoms. The molecule has 1 unspecified atom stereocenters. The summed E-state index contributed by atoms with van der Waals surface area (Å²) in [5.74, 6) is 1.30. The van der Waals surface area contributed by atoms with Crippen LogP contribution >= 0.6 is 0 Å². The maximum atomic E-state index is 10.6. The van der Waals surface area contributed by atoms with Crippen LogP contribution in [-0.4, -0.2) is 19.3 Å². The van der Waals surface area contributed by atoms with Crippen molar-refractivity contribution in [3.05, 3.63) is 58.7 Å². The second-order valence-electron chi connectivity index (χ2n) is 5.06. The van der Waals surface area contributed by atoms with E-state index in [9.17, 15) is 5.11 Å². The highest BCUT2D eigenvalue weighted by molar-refractivity contribution is 5.49. The second-order valence-corrected chi connectivity index (χ2v) is 5.06. The van der Waals surface area contributed by atoms with Gasteiger partial charge in [0.25, 0.3) is 0 Å². The quantitative estimate of drug-likeness (QED) is 0.911. The fourth-order valence-corrected chi connectivity index (χ4v) is 2.41. The fourth-order valence-electron chi connectivity index (χ4n) is 2.41. The first-order valence-electron chi connectivity index (χ1n) is 7.10. The van der Waals surface area contributed by atoms with Crippen molar-refractivity contribution in [2.75, 3.05) is 14.2 Å². The minimum Gasteiger partial charge on any atom is -0.493 e. The number of ether oxygens (including phenoxy) is 2. The number of aryl methyl sites for hydroxylation is 2. The molecule has 0 bridgehead atoms. The van der Waals surface area contributed by atoms with Gasteiger partial charge in [0.05, 0.1) is 14.2 Å². The van der Waals surface area contributed by atoms with E-state index in [-0.39, 0.29) is 0 Å². The number of rotatable bonds is 5. The third-order valence-electron chi connectivity index (χ3n) is 3.77. The van der Waals surface area contributed by atoms with Crippen LogP contribution in [0.3, 0.4) is 0 Å². The predicted octanol–water partition coefficient (Wildman–Crippen LogP) is 3.66. The van der Waals surface area contributed by atoms with Crippen LogP contribution < -0.4 is 9.47 Å². The lowest BCUT2D eigenvalue weighted by atomic mass is 9.96. The smallest absolute Gasteiger partial charge is 0.161 e. The minimum atomic E-state index is -0.671. The lowest BCUT2D eigenvalue weighted by Crippen LogP contribution is -2.04. The van der Waals surface area contributed by atoms with Crippen LogP contribution in [0.1, 0.15) is 35.3 Å². The van der Waals surface area contributed by atoms with Crippen molar-refractivity contribution < 1.29 is 14.6 Å². The van der Waals surface area contributed by atoms with Crippen molar-refractivity contribution in [3.8, 4) is 11.5 Å². The van der Waals surface area contributed by atoms with Gasteiger partial charge in [-0.25, -0.2) is 0 Å². The van der Waals surface area contributed by atoms with Crippen molar-refractivity contribution >= 4 is 0 Å². The lowest BCUT2D eigenvalue weighted by molar-refractivity contribution is 0.218. The minimum absolute atomic E-state index is 0.627. The van der Waals surface area contributed by atoms with E-state index in [0.717, 1.165) is 23.1 Å². The summed E-state index contributed by atoms with van der Waals surface area (Å²) in [6, 6.07) is 11.8. The Morgan fingerprint density at radius 3 is 2.10 bits per heavy atom. The summed E-state index contributed by atoms with van der Waals surface area (Å²) in [5.41, 5.74) is 3.94. The Bertz CT molecular complexity index is 603. The van der Waals surface area contributed by atoms with Gasteiger partial charge in [0, 0.05) is 0 Å². The Morgan fingerprint density at radius 1 is 1.00 bits per heavy atom. The number of aliphatic hydroxyl groups is 1. The van der Waals surface area contributed by atoms with Gasteiger partial charge in [0.2, 0.25) is 0 Å². The molecule has 0 aliphatic rings. The van der Waals surface area contributed by atoms with Crippen LogP contribution in [0.15, 0.2) is 36.4 Å². The van der Waals surface area contributed by atoms with Crippen LogP contribution in [0.5, 0.6) is 11.5 Å². The van der Waals surface area contributed by atoms with Gasteiger partial charge in [0.1, 0.15) is 6.10 Å². The molecule has 0 saturated carbocycles. The zero-order valence-electron chi connectivity index (χ0n) is 13.0. The van der Waals surface area contributed by atoms with Crippen LogP contribution in [0.25, 0.3) is 0 Å². The molecule has 112 valence electrons. The van der Waals surface area contributed by atoms with E-state index < -0.39 is 6.10 Å². The molecule has 2 rings (SSSR count). The van der Waals surface area contributed by atoms with E-state index in [0.29, 0.717) is 11.5 Å². The number of benzene rings is 2. The summed E-state index contributed by atoms with van der Waals surface area (Å²) < 4.78 is 10.6. The predicted molar refractivity (Wildman–Crippen MR) is 84.2 cm³/mol. The second kappa shape index (κ2) is 6.64. The molecule has 0 saturated heterocycles. The molecule has 1 N–H and O–H groups in total. The average molecular weight is 286 g/mol. The standard InChI is InChI=1S/C18H22O3/c1-5-13-6-8-14(9-7-13)18(19)15-11-17(21-4)16(20-3)10-12(15)2/h6-11,18-19H,5H2,1-4H3. The maximum Gasteiger partial charge on any atom is 0.161 e. The zero-order chi connectivity index (χ0) is 15.4. The Morgan fingerprint density at radius 2 is 1.57 bits per heavy atom. The van der Waals surface area contributed by atoms with Gasteiger partial charge in [-0.2, -0.15) is 0 Å². The molecule has 0 heterocycles. The van der Waals surface area contributed by atoms with Crippen LogP contribution in [0, 0.1) is 6.92 Å². The van der Waals surface area contributed by atoms with Crippen molar-refractivity contribution in [3.63, 3.8) is 0 Å². The third kappa shape index (κ3) is 3.19. The fraction of sp³-hybridized carbons (Fsp3) is 0.333. The molecule has 2 aromatic rings. The molecule has 3 heteroatoms. The summed E-state index contributed by atoms with van der Waals surface area (Å²) in [5, 5.41) is 10.6. The molecule has 0 fully saturated rings. The molecule has 0 aliphatic carbocycles. The van der Waals surface area contributed by atoms with Crippen molar-refractivity contribution in [2.24, 2.45) is 0 Å². The van der Waals surface area contributed by atoms with Gasteiger partial charge in [0.15, 0.2) is 11.5 Å². The Balaban J connectivity index is 2.39. The van der Waals surface area contributed by atoms with Crippen molar-refractivity contribution in [2.45, 2.75) is 26.4 Å². The van der Waals surface area contributed by atoms with E-state index >= 15 is 0 Å². The Hall–Kier alpha value is -2.00. The average Bonchev–Trinajstić information content (AvgIpc) is 2.54. The largest absolute Gasteiger partial charge is 0.493 e. The number of hydrogen-bond acceptors (Lipinski definition) is 3. The van der Waals surface area contributed by atoms with Crippen molar-refractivity contribution in [1.82, 2.24) is 0 Å². The van der Waals surface area contributed by atoms with Gasteiger partial charge in [-0.1, -0.05) is 31.2 Å². The van der Waals surface area contributed by atoms with E-state index in [1.807, 2.05) is 31.2 Å². The normalized spacial score (nSPS) is 12.0. The van der Waals surface area contributed by atoms with Crippen LogP contribution in [-0.2, 0) is 6.42 Å². The van der Waals surface area contributed by atoms with Gasteiger partial charge in [-0.3, -0.25) is 0 Å². The highest BCUT2D eigenvalue weighted by Crippen LogP contribution is 2.35. The molecule has 1 atom stereocenters. The molecule has 0 aromatic heterocycles. The topological polar surface area (TPSA) is 38.7 Å². The highest BCUT2D eigenvalue weighted by atomic mass is 16.5. The highest BCUT2D eigenvalue weighted by Gasteiger charge is 2.16. The molecule has 0 radical (unpaired) electrons. The molecule has 3 nitrogen and oxygen atoms in total. The molecule has 0 aliphatic heterocycles.